The van der Waals surface area contributed by atoms with Gasteiger partial charge in [-0.15, -0.1) is 0 Å². The summed E-state index contributed by atoms with van der Waals surface area (Å²) in [6.45, 7) is 5.21. The Kier molecular flexibility index (Phi) is 5.61. The van der Waals surface area contributed by atoms with Crippen LogP contribution in [0.4, 0.5) is 0 Å². The summed E-state index contributed by atoms with van der Waals surface area (Å²) in [5.74, 6) is 1.05. The van der Waals surface area contributed by atoms with Crippen molar-refractivity contribution in [1.29, 1.82) is 0 Å². The molecule has 1 aromatic rings. The Hall–Kier alpha value is -1.81. The third-order valence-corrected chi connectivity index (χ3v) is 4.36. The summed E-state index contributed by atoms with van der Waals surface area (Å²) < 4.78 is 5.16. The van der Waals surface area contributed by atoms with Crippen LogP contribution < -0.4 is 4.74 Å². The monoisotopic (exact) mass is 303 g/mol. The molecule has 0 spiro atoms. The average Bonchev–Trinajstić information content (AvgIpc) is 3.03. The molecule has 22 heavy (non-hydrogen) atoms. The molecule has 1 saturated heterocycles. The molecule has 0 radical (unpaired) electrons. The normalized spacial score (nSPS) is 20.1. The molecule has 0 bridgehead atoms. The maximum atomic E-state index is 12.4. The van der Waals surface area contributed by atoms with Crippen LogP contribution in [-0.2, 0) is 4.79 Å². The molecule has 120 valence electrons. The zero-order chi connectivity index (χ0) is 16.1. The fourth-order valence-electron chi connectivity index (χ4n) is 2.82. The van der Waals surface area contributed by atoms with Crippen molar-refractivity contribution < 1.29 is 14.6 Å². The van der Waals surface area contributed by atoms with Crippen LogP contribution in [0.15, 0.2) is 30.3 Å². The van der Waals surface area contributed by atoms with Gasteiger partial charge in [-0.05, 0) is 43.0 Å². The highest BCUT2D eigenvalue weighted by Crippen LogP contribution is 2.24. The minimum atomic E-state index is -0.353. The summed E-state index contributed by atoms with van der Waals surface area (Å²) in [7, 11) is 1.64. The molecule has 1 amide bonds. The second-order valence-electron chi connectivity index (χ2n) is 5.83. The first-order chi connectivity index (χ1) is 10.5. The van der Waals surface area contributed by atoms with Crippen molar-refractivity contribution in [2.24, 2.45) is 5.92 Å². The molecule has 2 unspecified atom stereocenters. The van der Waals surface area contributed by atoms with E-state index in [0.717, 1.165) is 36.3 Å². The number of aliphatic hydroxyl groups is 1. The van der Waals surface area contributed by atoms with Crippen molar-refractivity contribution in [3.8, 4) is 5.75 Å². The Morgan fingerprint density at radius 2 is 2.14 bits per heavy atom. The number of nitrogens with zero attached hydrogens (tertiary/aromatic N) is 1. The largest absolute Gasteiger partial charge is 0.497 e. The van der Waals surface area contributed by atoms with E-state index in [1.54, 1.807) is 20.1 Å². The molecule has 1 heterocycles. The third kappa shape index (κ3) is 3.89. The summed E-state index contributed by atoms with van der Waals surface area (Å²) in [6.07, 6.45) is 3.05. The Morgan fingerprint density at radius 3 is 2.64 bits per heavy atom. The maximum absolute atomic E-state index is 12.4. The molecule has 1 aromatic carbocycles. The van der Waals surface area contributed by atoms with Gasteiger partial charge in [-0.25, -0.2) is 0 Å². The molecule has 0 saturated carbocycles. The lowest BCUT2D eigenvalue weighted by atomic mass is 10.0. The number of benzene rings is 1. The number of rotatable bonds is 5. The minimum absolute atomic E-state index is 0.0378. The van der Waals surface area contributed by atoms with Gasteiger partial charge in [0.25, 0.3) is 0 Å². The first kappa shape index (κ1) is 16.6. The van der Waals surface area contributed by atoms with E-state index < -0.39 is 0 Å². The standard InChI is InChI=1S/C18H25NO3/c1-4-14(15-5-7-17(22-3)8-6-15)11-18(21)19-10-9-16(12-19)13(2)20/h5-8,11,13,16,20H,4,9-10,12H2,1-3H3/b14-11-. The molecule has 1 N–H and O–H groups in total. The number of allylic oxidation sites excluding steroid dienone is 1. The Labute approximate surface area is 132 Å². The van der Waals surface area contributed by atoms with Gasteiger partial charge in [0.05, 0.1) is 13.2 Å². The van der Waals surface area contributed by atoms with Crippen LogP contribution in [0.1, 0.15) is 32.3 Å². The van der Waals surface area contributed by atoms with Gasteiger partial charge in [0, 0.05) is 25.1 Å². The molecular formula is C18H25NO3. The lowest BCUT2D eigenvalue weighted by Crippen LogP contribution is -2.29. The van der Waals surface area contributed by atoms with Crippen molar-refractivity contribution in [3.05, 3.63) is 35.9 Å². The fourth-order valence-corrected chi connectivity index (χ4v) is 2.82. The molecule has 2 rings (SSSR count). The number of methoxy groups -OCH3 is 1. The van der Waals surface area contributed by atoms with E-state index in [9.17, 15) is 9.90 Å². The van der Waals surface area contributed by atoms with Crippen LogP contribution in [0, 0.1) is 5.92 Å². The van der Waals surface area contributed by atoms with E-state index in [-0.39, 0.29) is 17.9 Å². The average molecular weight is 303 g/mol. The topological polar surface area (TPSA) is 49.8 Å². The summed E-state index contributed by atoms with van der Waals surface area (Å²) in [5.41, 5.74) is 2.07. The molecule has 1 fully saturated rings. The van der Waals surface area contributed by atoms with Crippen molar-refractivity contribution in [3.63, 3.8) is 0 Å². The van der Waals surface area contributed by atoms with Gasteiger partial charge >= 0.3 is 0 Å². The molecule has 0 aliphatic carbocycles. The maximum Gasteiger partial charge on any atom is 0.246 e. The number of aliphatic hydroxyl groups excluding tert-OH is 1. The van der Waals surface area contributed by atoms with Gasteiger partial charge < -0.3 is 14.7 Å². The van der Waals surface area contributed by atoms with Crippen LogP contribution in [0.5, 0.6) is 5.75 Å². The number of hydrogen-bond acceptors (Lipinski definition) is 3. The van der Waals surface area contributed by atoms with E-state index in [0.29, 0.717) is 6.54 Å². The van der Waals surface area contributed by atoms with Gasteiger partial charge in [-0.3, -0.25) is 4.79 Å². The Bertz CT molecular complexity index is 534. The fraction of sp³-hybridized carbons (Fsp3) is 0.500. The molecule has 4 heteroatoms. The molecule has 1 aliphatic rings. The number of likely N-dealkylation sites (tertiary alicyclic amines) is 1. The van der Waals surface area contributed by atoms with Crippen molar-refractivity contribution >= 4 is 11.5 Å². The van der Waals surface area contributed by atoms with Gasteiger partial charge in [0.1, 0.15) is 5.75 Å². The third-order valence-electron chi connectivity index (χ3n) is 4.36. The number of ether oxygens (including phenoxy) is 1. The van der Waals surface area contributed by atoms with Crippen LogP contribution in [-0.4, -0.2) is 42.2 Å². The summed E-state index contributed by atoms with van der Waals surface area (Å²) in [4.78, 5) is 14.3. The number of carbonyl (C=O) groups excluding carboxylic acids is 1. The van der Waals surface area contributed by atoms with Gasteiger partial charge in [-0.2, -0.15) is 0 Å². The zero-order valence-corrected chi connectivity index (χ0v) is 13.6. The number of carbonyl (C=O) groups is 1. The van der Waals surface area contributed by atoms with E-state index in [2.05, 4.69) is 0 Å². The minimum Gasteiger partial charge on any atom is -0.497 e. The predicted octanol–water partition coefficient (Wildman–Crippen LogP) is 2.72. The SMILES string of the molecule is CC/C(=C/C(=O)N1CCC(C(C)O)C1)c1ccc(OC)cc1. The molecule has 0 aromatic heterocycles. The van der Waals surface area contributed by atoms with E-state index in [4.69, 9.17) is 4.74 Å². The van der Waals surface area contributed by atoms with Gasteiger partial charge in [0.2, 0.25) is 5.91 Å². The van der Waals surface area contributed by atoms with Crippen molar-refractivity contribution in [1.82, 2.24) is 4.90 Å². The number of hydrogen-bond donors (Lipinski definition) is 1. The second-order valence-corrected chi connectivity index (χ2v) is 5.83. The van der Waals surface area contributed by atoms with Crippen molar-refractivity contribution in [2.75, 3.05) is 20.2 Å². The summed E-state index contributed by atoms with van der Waals surface area (Å²) >= 11 is 0. The van der Waals surface area contributed by atoms with E-state index in [1.165, 1.54) is 0 Å². The highest BCUT2D eigenvalue weighted by molar-refractivity contribution is 5.95. The zero-order valence-electron chi connectivity index (χ0n) is 13.6. The summed E-state index contributed by atoms with van der Waals surface area (Å²) in [6, 6.07) is 7.76. The van der Waals surface area contributed by atoms with Gasteiger partial charge in [-0.1, -0.05) is 19.1 Å². The first-order valence-corrected chi connectivity index (χ1v) is 7.87. The van der Waals surface area contributed by atoms with Gasteiger partial charge in [0.15, 0.2) is 0 Å². The number of amides is 1. The molecular weight excluding hydrogens is 278 g/mol. The van der Waals surface area contributed by atoms with Crippen LogP contribution >= 0.6 is 0 Å². The lowest BCUT2D eigenvalue weighted by molar-refractivity contribution is -0.125. The first-order valence-electron chi connectivity index (χ1n) is 7.87. The van der Waals surface area contributed by atoms with Crippen LogP contribution in [0.3, 0.4) is 0 Å². The highest BCUT2D eigenvalue weighted by Gasteiger charge is 2.28. The smallest absolute Gasteiger partial charge is 0.246 e. The predicted molar refractivity (Wildman–Crippen MR) is 87.6 cm³/mol. The Morgan fingerprint density at radius 1 is 1.45 bits per heavy atom. The van der Waals surface area contributed by atoms with Crippen LogP contribution in [0.25, 0.3) is 5.57 Å². The highest BCUT2D eigenvalue weighted by atomic mass is 16.5. The molecule has 4 nitrogen and oxygen atoms in total. The van der Waals surface area contributed by atoms with E-state index >= 15 is 0 Å². The van der Waals surface area contributed by atoms with Crippen molar-refractivity contribution in [2.45, 2.75) is 32.8 Å². The Balaban J connectivity index is 2.09. The molecule has 2 atom stereocenters. The second kappa shape index (κ2) is 7.45. The lowest BCUT2D eigenvalue weighted by Gasteiger charge is -2.17. The summed E-state index contributed by atoms with van der Waals surface area (Å²) in [5, 5.41) is 9.64. The van der Waals surface area contributed by atoms with E-state index in [1.807, 2.05) is 36.1 Å². The van der Waals surface area contributed by atoms with Crippen LogP contribution in [0.2, 0.25) is 0 Å². The quantitative estimate of drug-likeness (QED) is 0.851. The molecule has 1 aliphatic heterocycles.